The van der Waals surface area contributed by atoms with Crippen molar-refractivity contribution in [3.05, 3.63) is 0 Å². The number of nitrogens with two attached hydrogens (primary N) is 1. The summed E-state index contributed by atoms with van der Waals surface area (Å²) in [7, 11) is 1.42. The van der Waals surface area contributed by atoms with Gasteiger partial charge in [-0.25, -0.2) is 4.79 Å². The summed E-state index contributed by atoms with van der Waals surface area (Å²) < 4.78 is 4.68. The third-order valence-corrected chi connectivity index (χ3v) is 2.43. The molecular formula is C9H19N3O2. The highest BCUT2D eigenvalue weighted by Gasteiger charge is 2.23. The lowest BCUT2D eigenvalue weighted by atomic mass is 10.1. The molecule has 1 heterocycles. The summed E-state index contributed by atoms with van der Waals surface area (Å²) in [5.74, 6) is 0. The van der Waals surface area contributed by atoms with Crippen LogP contribution in [0.2, 0.25) is 0 Å². The zero-order valence-corrected chi connectivity index (χ0v) is 8.66. The fraction of sp³-hybridized carbons (Fsp3) is 0.889. The molecule has 0 radical (unpaired) electrons. The molecule has 1 fully saturated rings. The first-order valence-electron chi connectivity index (χ1n) is 5.04. The lowest BCUT2D eigenvalue weighted by Gasteiger charge is -2.32. The van der Waals surface area contributed by atoms with E-state index < -0.39 is 0 Å². The summed E-state index contributed by atoms with van der Waals surface area (Å²) in [6.45, 7) is 2.97. The Kier molecular flexibility index (Phi) is 4.69. The predicted molar refractivity (Wildman–Crippen MR) is 54.1 cm³/mol. The van der Waals surface area contributed by atoms with E-state index in [2.05, 4.69) is 10.1 Å². The number of hydrogen-bond acceptors (Lipinski definition) is 4. The maximum absolute atomic E-state index is 11.2. The van der Waals surface area contributed by atoms with Gasteiger partial charge >= 0.3 is 6.09 Å². The van der Waals surface area contributed by atoms with Gasteiger partial charge in [-0.1, -0.05) is 0 Å². The molecule has 82 valence electrons. The van der Waals surface area contributed by atoms with E-state index in [0.717, 1.165) is 32.5 Å². The molecule has 5 nitrogen and oxygen atoms in total. The number of ether oxygens (including phenoxy) is 1. The van der Waals surface area contributed by atoms with E-state index >= 15 is 0 Å². The van der Waals surface area contributed by atoms with E-state index in [0.29, 0.717) is 12.6 Å². The van der Waals surface area contributed by atoms with E-state index in [9.17, 15) is 4.79 Å². The Labute approximate surface area is 84.6 Å². The first-order chi connectivity index (χ1) is 6.77. The Balaban J connectivity index is 2.31. The highest BCUT2D eigenvalue weighted by atomic mass is 16.5. The monoisotopic (exact) mass is 201 g/mol. The number of amides is 1. The summed E-state index contributed by atoms with van der Waals surface area (Å²) in [4.78, 5) is 13.0. The largest absolute Gasteiger partial charge is 0.453 e. The van der Waals surface area contributed by atoms with E-state index in [4.69, 9.17) is 5.73 Å². The minimum atomic E-state index is -0.232. The van der Waals surface area contributed by atoms with Crippen molar-refractivity contribution >= 4 is 6.09 Å². The first-order valence-corrected chi connectivity index (χ1v) is 5.04. The molecule has 0 aromatic carbocycles. The van der Waals surface area contributed by atoms with Crippen molar-refractivity contribution in [2.45, 2.75) is 18.9 Å². The second-order valence-electron chi connectivity index (χ2n) is 3.50. The van der Waals surface area contributed by atoms with E-state index in [1.54, 1.807) is 4.90 Å². The van der Waals surface area contributed by atoms with Gasteiger partial charge in [0.2, 0.25) is 0 Å². The Morgan fingerprint density at radius 2 is 2.50 bits per heavy atom. The Hall–Kier alpha value is -0.810. The molecule has 1 unspecified atom stereocenters. The van der Waals surface area contributed by atoms with Crippen LogP contribution in [0.4, 0.5) is 4.79 Å². The Bertz CT molecular complexity index is 187. The zero-order chi connectivity index (χ0) is 10.4. The molecule has 1 saturated heterocycles. The van der Waals surface area contributed by atoms with Crippen LogP contribution in [0.25, 0.3) is 0 Å². The van der Waals surface area contributed by atoms with Gasteiger partial charge in [0.1, 0.15) is 0 Å². The molecule has 1 atom stereocenters. The zero-order valence-electron chi connectivity index (χ0n) is 8.66. The molecule has 14 heavy (non-hydrogen) atoms. The van der Waals surface area contributed by atoms with Crippen molar-refractivity contribution in [2.75, 3.05) is 33.3 Å². The van der Waals surface area contributed by atoms with Crippen LogP contribution in [0.15, 0.2) is 0 Å². The maximum atomic E-state index is 11.2. The van der Waals surface area contributed by atoms with Crippen LogP contribution in [0, 0.1) is 0 Å². The smallest absolute Gasteiger partial charge is 0.409 e. The number of carbonyl (C=O) groups excluding carboxylic acids is 1. The molecule has 1 aliphatic heterocycles. The van der Waals surface area contributed by atoms with Crippen LogP contribution in [0.5, 0.6) is 0 Å². The summed E-state index contributed by atoms with van der Waals surface area (Å²) in [6.07, 6.45) is 1.90. The van der Waals surface area contributed by atoms with Gasteiger partial charge in [0.15, 0.2) is 0 Å². The summed E-state index contributed by atoms with van der Waals surface area (Å²) in [5.41, 5.74) is 5.40. The summed E-state index contributed by atoms with van der Waals surface area (Å²) >= 11 is 0. The lowest BCUT2D eigenvalue weighted by Crippen LogP contribution is -2.48. The number of nitrogens with one attached hydrogen (secondary N) is 1. The van der Waals surface area contributed by atoms with Crippen molar-refractivity contribution in [3.8, 4) is 0 Å². The molecule has 5 heteroatoms. The number of methoxy groups -OCH3 is 1. The van der Waals surface area contributed by atoms with E-state index in [1.165, 1.54) is 7.11 Å². The van der Waals surface area contributed by atoms with Crippen LogP contribution < -0.4 is 11.1 Å². The molecule has 1 amide bonds. The molecule has 0 saturated carbocycles. The fourth-order valence-electron chi connectivity index (χ4n) is 1.73. The first kappa shape index (κ1) is 11.3. The number of rotatable bonds is 3. The van der Waals surface area contributed by atoms with E-state index in [-0.39, 0.29) is 6.09 Å². The second-order valence-corrected chi connectivity index (χ2v) is 3.50. The molecule has 0 spiro atoms. The molecule has 1 rings (SSSR count). The van der Waals surface area contributed by atoms with Crippen LogP contribution in [-0.4, -0.2) is 50.3 Å². The summed E-state index contributed by atoms with van der Waals surface area (Å²) in [5, 5.41) is 3.31. The van der Waals surface area contributed by atoms with Gasteiger partial charge < -0.3 is 20.7 Å². The van der Waals surface area contributed by atoms with Crippen molar-refractivity contribution in [1.29, 1.82) is 0 Å². The van der Waals surface area contributed by atoms with Crippen molar-refractivity contribution < 1.29 is 9.53 Å². The average molecular weight is 201 g/mol. The van der Waals surface area contributed by atoms with Gasteiger partial charge in [0, 0.05) is 32.2 Å². The van der Waals surface area contributed by atoms with Gasteiger partial charge in [-0.15, -0.1) is 0 Å². The number of nitrogens with zero attached hydrogens (tertiary/aromatic N) is 1. The molecule has 0 aromatic heterocycles. The minimum absolute atomic E-state index is 0.232. The topological polar surface area (TPSA) is 67.6 Å². The molecular weight excluding hydrogens is 182 g/mol. The normalized spacial score (nSPS) is 22.1. The SMILES string of the molecule is COC(=O)N1CCCC(NCCN)C1. The van der Waals surface area contributed by atoms with Gasteiger partial charge in [0.25, 0.3) is 0 Å². The van der Waals surface area contributed by atoms with Crippen molar-refractivity contribution in [3.63, 3.8) is 0 Å². The summed E-state index contributed by atoms with van der Waals surface area (Å²) in [6, 6.07) is 0.367. The van der Waals surface area contributed by atoms with E-state index in [1.807, 2.05) is 0 Å². The van der Waals surface area contributed by atoms with Crippen LogP contribution in [-0.2, 0) is 4.74 Å². The number of piperidine rings is 1. The molecule has 1 aliphatic rings. The maximum Gasteiger partial charge on any atom is 0.409 e. The number of likely N-dealkylation sites (tertiary alicyclic amines) is 1. The molecule has 0 bridgehead atoms. The van der Waals surface area contributed by atoms with Crippen LogP contribution in [0.1, 0.15) is 12.8 Å². The fourth-order valence-corrected chi connectivity index (χ4v) is 1.73. The third kappa shape index (κ3) is 3.16. The minimum Gasteiger partial charge on any atom is -0.453 e. The van der Waals surface area contributed by atoms with Gasteiger partial charge in [0.05, 0.1) is 7.11 Å². The Morgan fingerprint density at radius 1 is 1.71 bits per heavy atom. The number of hydrogen-bond donors (Lipinski definition) is 2. The molecule has 3 N–H and O–H groups in total. The quantitative estimate of drug-likeness (QED) is 0.661. The highest BCUT2D eigenvalue weighted by Crippen LogP contribution is 2.10. The predicted octanol–water partition coefficient (Wildman–Crippen LogP) is -0.234. The highest BCUT2D eigenvalue weighted by molar-refractivity contribution is 5.67. The lowest BCUT2D eigenvalue weighted by molar-refractivity contribution is 0.107. The Morgan fingerprint density at radius 3 is 3.14 bits per heavy atom. The standard InChI is InChI=1S/C9H19N3O2/c1-14-9(13)12-6-2-3-8(7-12)11-5-4-10/h8,11H,2-7,10H2,1H3. The van der Waals surface area contributed by atoms with Gasteiger partial charge in [-0.2, -0.15) is 0 Å². The number of carbonyl (C=O) groups is 1. The molecule has 0 aliphatic carbocycles. The molecule has 0 aromatic rings. The van der Waals surface area contributed by atoms with Gasteiger partial charge in [-0.3, -0.25) is 0 Å². The average Bonchev–Trinajstić information content (AvgIpc) is 2.25. The van der Waals surface area contributed by atoms with Gasteiger partial charge in [-0.05, 0) is 12.8 Å². The van der Waals surface area contributed by atoms with Crippen molar-refractivity contribution in [2.24, 2.45) is 5.73 Å². The third-order valence-electron chi connectivity index (χ3n) is 2.43. The second kappa shape index (κ2) is 5.82. The van der Waals surface area contributed by atoms with Crippen molar-refractivity contribution in [1.82, 2.24) is 10.2 Å². The van der Waals surface area contributed by atoms with Crippen LogP contribution >= 0.6 is 0 Å². The van der Waals surface area contributed by atoms with Crippen LogP contribution in [0.3, 0.4) is 0 Å².